The van der Waals surface area contributed by atoms with Crippen LogP contribution in [0.1, 0.15) is 36.7 Å². The number of rotatable bonds is 4. The zero-order valence-electron chi connectivity index (χ0n) is 18.1. The molecule has 2 aromatic carbocycles. The Hall–Kier alpha value is -2.64. The molecule has 0 bridgehead atoms. The van der Waals surface area contributed by atoms with E-state index in [1.165, 1.54) is 24.9 Å². The summed E-state index contributed by atoms with van der Waals surface area (Å²) in [7, 11) is 2.83. The molecule has 0 atom stereocenters. The number of benzene rings is 2. The smallest absolute Gasteiger partial charge is 0.321 e. The van der Waals surface area contributed by atoms with Gasteiger partial charge in [-0.3, -0.25) is 14.2 Å². The van der Waals surface area contributed by atoms with E-state index in [4.69, 9.17) is 11.6 Å². The molecule has 0 spiro atoms. The standard InChI is InChI=1S/C21H19BrClN3O3.C2H6/c1-4-12-13(14-8-5-9-16(22)18(14)23)7-6-10-17(12)24-19(27)15-11-25(2)21(29)26(3)20(15)28;1-2/h5-11H,4H2,1-3H3,(H,24,27);1-2H3. The van der Waals surface area contributed by atoms with Crippen molar-refractivity contribution in [3.05, 3.63) is 84.1 Å². The van der Waals surface area contributed by atoms with Crippen molar-refractivity contribution in [2.75, 3.05) is 5.32 Å². The normalized spacial score (nSPS) is 10.3. The first-order valence-electron chi connectivity index (χ1n) is 9.90. The van der Waals surface area contributed by atoms with Gasteiger partial charge >= 0.3 is 5.69 Å². The Kier molecular flexibility index (Phi) is 8.42. The first kappa shape index (κ1) is 24.6. The first-order valence-corrected chi connectivity index (χ1v) is 11.1. The summed E-state index contributed by atoms with van der Waals surface area (Å²) in [6.45, 7) is 5.98. The van der Waals surface area contributed by atoms with E-state index in [0.717, 1.165) is 25.7 Å². The van der Waals surface area contributed by atoms with Gasteiger partial charge in [0.05, 0.1) is 5.02 Å². The van der Waals surface area contributed by atoms with Crippen molar-refractivity contribution in [3.8, 4) is 11.1 Å². The van der Waals surface area contributed by atoms with Gasteiger partial charge in [-0.05, 0) is 45.6 Å². The van der Waals surface area contributed by atoms with E-state index >= 15 is 0 Å². The van der Waals surface area contributed by atoms with Crippen molar-refractivity contribution in [2.24, 2.45) is 14.1 Å². The van der Waals surface area contributed by atoms with Crippen molar-refractivity contribution in [3.63, 3.8) is 0 Å². The third kappa shape index (κ3) is 4.99. The minimum absolute atomic E-state index is 0.109. The molecule has 0 aliphatic carbocycles. The first-order chi connectivity index (χ1) is 14.8. The largest absolute Gasteiger partial charge is 0.330 e. The maximum atomic E-state index is 12.8. The highest BCUT2D eigenvalue weighted by Gasteiger charge is 2.18. The Morgan fingerprint density at radius 3 is 2.32 bits per heavy atom. The number of aromatic nitrogens is 2. The van der Waals surface area contributed by atoms with Gasteiger partial charge in [0.1, 0.15) is 5.56 Å². The fourth-order valence-electron chi connectivity index (χ4n) is 3.20. The predicted octanol–water partition coefficient (Wildman–Crippen LogP) is 5.01. The highest BCUT2D eigenvalue weighted by Crippen LogP contribution is 2.37. The summed E-state index contributed by atoms with van der Waals surface area (Å²) < 4.78 is 2.89. The van der Waals surface area contributed by atoms with Gasteiger partial charge in [0.2, 0.25) is 0 Å². The molecule has 6 nitrogen and oxygen atoms in total. The van der Waals surface area contributed by atoms with Crippen LogP contribution in [-0.4, -0.2) is 15.0 Å². The summed E-state index contributed by atoms with van der Waals surface area (Å²) in [6.07, 6.45) is 1.89. The van der Waals surface area contributed by atoms with Crippen LogP contribution in [0.3, 0.4) is 0 Å². The van der Waals surface area contributed by atoms with Crippen LogP contribution >= 0.6 is 27.5 Å². The lowest BCUT2D eigenvalue weighted by Gasteiger charge is -2.16. The topological polar surface area (TPSA) is 73.1 Å². The van der Waals surface area contributed by atoms with Gasteiger partial charge in [-0.15, -0.1) is 0 Å². The van der Waals surface area contributed by atoms with Crippen LogP contribution in [0.15, 0.2) is 56.7 Å². The van der Waals surface area contributed by atoms with E-state index in [1.807, 2.05) is 51.1 Å². The molecule has 0 aliphatic rings. The molecule has 8 heteroatoms. The summed E-state index contributed by atoms with van der Waals surface area (Å²) in [5.41, 5.74) is 1.96. The van der Waals surface area contributed by atoms with Crippen molar-refractivity contribution in [1.29, 1.82) is 0 Å². The second kappa shape index (κ2) is 10.6. The lowest BCUT2D eigenvalue weighted by atomic mass is 9.96. The molecule has 1 amide bonds. The molecule has 0 fully saturated rings. The molecule has 1 heterocycles. The molecule has 0 saturated carbocycles. The molecular formula is C23H25BrClN3O3. The number of hydrogen-bond acceptors (Lipinski definition) is 3. The molecule has 164 valence electrons. The average Bonchev–Trinajstić information content (AvgIpc) is 2.77. The van der Waals surface area contributed by atoms with E-state index < -0.39 is 17.2 Å². The maximum Gasteiger partial charge on any atom is 0.330 e. The summed E-state index contributed by atoms with van der Waals surface area (Å²) >= 11 is 9.91. The number of aryl methyl sites for hydroxylation is 1. The number of hydrogen-bond donors (Lipinski definition) is 1. The van der Waals surface area contributed by atoms with Gasteiger partial charge in [0, 0.05) is 36.0 Å². The lowest BCUT2D eigenvalue weighted by Crippen LogP contribution is -2.40. The Bertz CT molecular complexity index is 1230. The highest BCUT2D eigenvalue weighted by atomic mass is 79.9. The van der Waals surface area contributed by atoms with Gasteiger partial charge in [-0.1, -0.05) is 56.6 Å². The van der Waals surface area contributed by atoms with Crippen LogP contribution in [0.25, 0.3) is 11.1 Å². The third-order valence-corrected chi connectivity index (χ3v) is 6.01. The van der Waals surface area contributed by atoms with Crippen LogP contribution in [0.4, 0.5) is 5.69 Å². The zero-order chi connectivity index (χ0) is 23.3. The third-order valence-electron chi connectivity index (χ3n) is 4.71. The van der Waals surface area contributed by atoms with Crippen LogP contribution in [0.2, 0.25) is 5.02 Å². The number of halogens is 2. The molecule has 0 saturated heterocycles. The molecule has 3 aromatic rings. The fourth-order valence-corrected chi connectivity index (χ4v) is 3.80. The fraction of sp³-hybridized carbons (Fsp3) is 0.261. The molecular weight excluding hydrogens is 482 g/mol. The van der Waals surface area contributed by atoms with Crippen molar-refractivity contribution < 1.29 is 4.79 Å². The number of carbonyl (C=O) groups excluding carboxylic acids is 1. The summed E-state index contributed by atoms with van der Waals surface area (Å²) in [4.78, 5) is 37.0. The predicted molar refractivity (Wildman–Crippen MR) is 130 cm³/mol. The second-order valence-electron chi connectivity index (χ2n) is 6.54. The summed E-state index contributed by atoms with van der Waals surface area (Å²) in [5.74, 6) is -0.576. The van der Waals surface area contributed by atoms with Gasteiger partial charge < -0.3 is 9.88 Å². The Morgan fingerprint density at radius 1 is 1.06 bits per heavy atom. The highest BCUT2D eigenvalue weighted by molar-refractivity contribution is 9.10. The Morgan fingerprint density at radius 2 is 1.68 bits per heavy atom. The van der Waals surface area contributed by atoms with Crippen LogP contribution in [0, 0.1) is 0 Å². The maximum absolute atomic E-state index is 12.8. The Balaban J connectivity index is 0.00000166. The average molecular weight is 507 g/mol. The number of amides is 1. The molecule has 3 rings (SSSR count). The number of nitrogens with zero attached hydrogens (tertiary/aromatic N) is 2. The number of anilines is 1. The minimum atomic E-state index is -0.644. The van der Waals surface area contributed by atoms with Gasteiger partial charge in [0.15, 0.2) is 0 Å². The van der Waals surface area contributed by atoms with Crippen molar-refractivity contribution in [2.45, 2.75) is 27.2 Å². The second-order valence-corrected chi connectivity index (χ2v) is 7.77. The zero-order valence-corrected chi connectivity index (χ0v) is 20.5. The monoisotopic (exact) mass is 505 g/mol. The van der Waals surface area contributed by atoms with E-state index in [1.54, 1.807) is 6.07 Å². The summed E-state index contributed by atoms with van der Waals surface area (Å²) in [6, 6.07) is 11.2. The van der Waals surface area contributed by atoms with Crippen LogP contribution in [0.5, 0.6) is 0 Å². The quantitative estimate of drug-likeness (QED) is 0.541. The molecule has 0 unspecified atom stereocenters. The molecule has 1 aromatic heterocycles. The summed E-state index contributed by atoms with van der Waals surface area (Å²) in [5, 5.41) is 3.40. The molecule has 1 N–H and O–H groups in total. The van der Waals surface area contributed by atoms with Gasteiger partial charge in [-0.25, -0.2) is 4.79 Å². The van der Waals surface area contributed by atoms with E-state index in [9.17, 15) is 14.4 Å². The molecule has 31 heavy (non-hydrogen) atoms. The van der Waals surface area contributed by atoms with Crippen LogP contribution in [-0.2, 0) is 20.5 Å². The molecule has 0 radical (unpaired) electrons. The lowest BCUT2D eigenvalue weighted by molar-refractivity contribution is 0.102. The van der Waals surface area contributed by atoms with Gasteiger partial charge in [-0.2, -0.15) is 0 Å². The van der Waals surface area contributed by atoms with E-state index in [0.29, 0.717) is 17.1 Å². The molecule has 0 aliphatic heterocycles. The number of carbonyl (C=O) groups is 1. The van der Waals surface area contributed by atoms with Crippen molar-refractivity contribution in [1.82, 2.24) is 9.13 Å². The van der Waals surface area contributed by atoms with Crippen molar-refractivity contribution >= 4 is 39.1 Å². The van der Waals surface area contributed by atoms with Gasteiger partial charge in [0.25, 0.3) is 11.5 Å². The van der Waals surface area contributed by atoms with E-state index in [-0.39, 0.29) is 5.56 Å². The number of nitrogens with one attached hydrogen (secondary N) is 1. The minimum Gasteiger partial charge on any atom is -0.321 e. The SMILES string of the molecule is CC.CCc1c(NC(=O)c2cn(C)c(=O)n(C)c2=O)cccc1-c1cccc(Br)c1Cl. The van der Waals surface area contributed by atoms with E-state index in [2.05, 4.69) is 21.2 Å². The van der Waals surface area contributed by atoms with Crippen LogP contribution < -0.4 is 16.6 Å². The Labute approximate surface area is 194 Å².